The molecule has 3 N–H and O–H groups in total. The summed E-state index contributed by atoms with van der Waals surface area (Å²) >= 11 is 0. The first-order valence-electron chi connectivity index (χ1n) is 6.89. The fourth-order valence-corrected chi connectivity index (χ4v) is 2.69. The van der Waals surface area contributed by atoms with Gasteiger partial charge in [0.1, 0.15) is 0 Å². The summed E-state index contributed by atoms with van der Waals surface area (Å²) in [7, 11) is 0. The van der Waals surface area contributed by atoms with Crippen LogP contribution in [0, 0.1) is 6.92 Å². The van der Waals surface area contributed by atoms with Crippen LogP contribution in [0.3, 0.4) is 0 Å². The van der Waals surface area contributed by atoms with Crippen molar-refractivity contribution in [2.24, 2.45) is 0 Å². The highest BCUT2D eigenvalue weighted by atomic mass is 16.2. The van der Waals surface area contributed by atoms with Crippen LogP contribution in [-0.2, 0) is 4.79 Å². The third-order valence-corrected chi connectivity index (χ3v) is 3.46. The van der Waals surface area contributed by atoms with Crippen molar-refractivity contribution in [3.05, 3.63) is 29.3 Å². The molecule has 2 rings (SSSR count). The number of carbonyl (C=O) groups is 2. The molecule has 1 aromatic rings. The predicted molar refractivity (Wildman–Crippen MR) is 78.3 cm³/mol. The van der Waals surface area contributed by atoms with Crippen molar-refractivity contribution < 1.29 is 9.59 Å². The molecule has 0 aromatic heterocycles. The first-order chi connectivity index (χ1) is 9.45. The number of carbonyl (C=O) groups excluding carboxylic acids is 2. The Morgan fingerprint density at radius 3 is 2.75 bits per heavy atom. The largest absolute Gasteiger partial charge is 0.399 e. The molecule has 5 nitrogen and oxygen atoms in total. The number of hydrogen-bond donors (Lipinski definition) is 2. The van der Waals surface area contributed by atoms with Crippen molar-refractivity contribution in [1.82, 2.24) is 10.2 Å². The number of nitrogens with one attached hydrogen (secondary N) is 1. The summed E-state index contributed by atoms with van der Waals surface area (Å²) in [5, 5.41) is 2.88. The molecule has 5 heteroatoms. The number of likely N-dealkylation sites (tertiary alicyclic amines) is 1. The highest BCUT2D eigenvalue weighted by molar-refractivity contribution is 5.95. The number of nitrogens with zero attached hydrogens (tertiary/aromatic N) is 1. The van der Waals surface area contributed by atoms with Gasteiger partial charge in [0.25, 0.3) is 5.91 Å². The van der Waals surface area contributed by atoms with E-state index in [0.717, 1.165) is 24.9 Å². The van der Waals surface area contributed by atoms with Crippen LogP contribution in [0.5, 0.6) is 0 Å². The first kappa shape index (κ1) is 14.4. The smallest absolute Gasteiger partial charge is 0.254 e. The van der Waals surface area contributed by atoms with E-state index in [0.29, 0.717) is 17.8 Å². The van der Waals surface area contributed by atoms with Gasteiger partial charge >= 0.3 is 0 Å². The topological polar surface area (TPSA) is 75.4 Å². The molecular weight excluding hydrogens is 254 g/mol. The van der Waals surface area contributed by atoms with Gasteiger partial charge in [0.15, 0.2) is 0 Å². The van der Waals surface area contributed by atoms with E-state index in [-0.39, 0.29) is 17.9 Å². The lowest BCUT2D eigenvalue weighted by Gasteiger charge is -2.33. The minimum atomic E-state index is -0.0518. The van der Waals surface area contributed by atoms with E-state index in [1.54, 1.807) is 11.0 Å². The summed E-state index contributed by atoms with van der Waals surface area (Å²) in [6, 6.07) is 5.44. The second-order valence-corrected chi connectivity index (χ2v) is 5.42. The van der Waals surface area contributed by atoms with Gasteiger partial charge < -0.3 is 16.0 Å². The Bertz CT molecular complexity index is 508. The normalized spacial score (nSPS) is 18.7. The molecule has 0 radical (unpaired) electrons. The van der Waals surface area contributed by atoms with Crippen LogP contribution in [-0.4, -0.2) is 35.8 Å². The number of aryl methyl sites for hydroxylation is 1. The summed E-state index contributed by atoms with van der Waals surface area (Å²) in [4.78, 5) is 25.4. The molecule has 1 aliphatic rings. The molecule has 0 saturated carbocycles. The molecule has 108 valence electrons. The van der Waals surface area contributed by atoms with Crippen LogP contribution in [0.25, 0.3) is 0 Å². The van der Waals surface area contributed by atoms with Gasteiger partial charge in [0.05, 0.1) is 0 Å². The van der Waals surface area contributed by atoms with Crippen LogP contribution >= 0.6 is 0 Å². The quantitative estimate of drug-likeness (QED) is 0.799. The van der Waals surface area contributed by atoms with Crippen LogP contribution in [0.1, 0.15) is 35.7 Å². The lowest BCUT2D eigenvalue weighted by Crippen LogP contribution is -2.49. The Morgan fingerprint density at radius 2 is 2.10 bits per heavy atom. The van der Waals surface area contributed by atoms with E-state index < -0.39 is 0 Å². The molecule has 1 fully saturated rings. The van der Waals surface area contributed by atoms with Crippen molar-refractivity contribution in [3.63, 3.8) is 0 Å². The van der Waals surface area contributed by atoms with Crippen molar-refractivity contribution in [2.75, 3.05) is 18.8 Å². The van der Waals surface area contributed by atoms with Crippen LogP contribution in [0.2, 0.25) is 0 Å². The Hall–Kier alpha value is -2.04. The predicted octanol–water partition coefficient (Wildman–Crippen LogP) is 1.32. The first-order valence-corrected chi connectivity index (χ1v) is 6.89. The highest BCUT2D eigenvalue weighted by Crippen LogP contribution is 2.17. The van der Waals surface area contributed by atoms with Crippen LogP contribution in [0.4, 0.5) is 5.69 Å². The van der Waals surface area contributed by atoms with E-state index in [1.165, 1.54) is 6.92 Å². The molecule has 1 aliphatic heterocycles. The maximum absolute atomic E-state index is 12.5. The number of rotatable bonds is 2. The summed E-state index contributed by atoms with van der Waals surface area (Å²) in [5.41, 5.74) is 7.99. The minimum Gasteiger partial charge on any atom is -0.399 e. The summed E-state index contributed by atoms with van der Waals surface area (Å²) < 4.78 is 0. The van der Waals surface area contributed by atoms with E-state index in [1.807, 2.05) is 19.1 Å². The van der Waals surface area contributed by atoms with E-state index in [9.17, 15) is 9.59 Å². The Labute approximate surface area is 119 Å². The van der Waals surface area contributed by atoms with E-state index in [4.69, 9.17) is 5.73 Å². The molecule has 1 unspecified atom stereocenters. The van der Waals surface area contributed by atoms with Gasteiger partial charge in [-0.2, -0.15) is 0 Å². The molecule has 0 aliphatic carbocycles. The second kappa shape index (κ2) is 5.94. The van der Waals surface area contributed by atoms with E-state index in [2.05, 4.69) is 5.32 Å². The maximum Gasteiger partial charge on any atom is 0.254 e. The minimum absolute atomic E-state index is 0.0181. The number of amides is 2. The van der Waals surface area contributed by atoms with Gasteiger partial charge in [-0.05, 0) is 43.5 Å². The molecule has 0 spiro atoms. The Morgan fingerprint density at radius 1 is 1.35 bits per heavy atom. The lowest BCUT2D eigenvalue weighted by molar-refractivity contribution is -0.120. The molecule has 1 heterocycles. The maximum atomic E-state index is 12.5. The second-order valence-electron chi connectivity index (χ2n) is 5.42. The van der Waals surface area contributed by atoms with Crippen molar-refractivity contribution in [1.29, 1.82) is 0 Å². The molecule has 2 amide bonds. The van der Waals surface area contributed by atoms with Crippen molar-refractivity contribution >= 4 is 17.5 Å². The average molecular weight is 275 g/mol. The molecule has 1 aromatic carbocycles. The van der Waals surface area contributed by atoms with Crippen molar-refractivity contribution in [2.45, 2.75) is 32.7 Å². The third-order valence-electron chi connectivity index (χ3n) is 3.46. The number of benzene rings is 1. The van der Waals surface area contributed by atoms with Gasteiger partial charge in [-0.1, -0.05) is 0 Å². The Kier molecular flexibility index (Phi) is 4.27. The van der Waals surface area contributed by atoms with Gasteiger partial charge in [-0.25, -0.2) is 0 Å². The number of nitrogens with two attached hydrogens (primary N) is 1. The monoisotopic (exact) mass is 275 g/mol. The zero-order chi connectivity index (χ0) is 14.7. The van der Waals surface area contributed by atoms with Crippen molar-refractivity contribution in [3.8, 4) is 0 Å². The third kappa shape index (κ3) is 3.50. The number of anilines is 1. The number of piperidine rings is 1. The van der Waals surface area contributed by atoms with Gasteiger partial charge in [0, 0.05) is 37.3 Å². The Balaban J connectivity index is 2.10. The summed E-state index contributed by atoms with van der Waals surface area (Å²) in [5.74, 6) is -0.0699. The molecule has 1 atom stereocenters. The zero-order valence-corrected chi connectivity index (χ0v) is 12.0. The van der Waals surface area contributed by atoms with Gasteiger partial charge in [-0.3, -0.25) is 9.59 Å². The van der Waals surface area contributed by atoms with Crippen LogP contribution in [0.15, 0.2) is 18.2 Å². The SMILES string of the molecule is CC(=O)NC1CCCN(C(=O)c2cc(C)cc(N)c2)C1. The van der Waals surface area contributed by atoms with Crippen LogP contribution < -0.4 is 11.1 Å². The fraction of sp³-hybridized carbons (Fsp3) is 0.467. The summed E-state index contributed by atoms with van der Waals surface area (Å²) in [6.07, 6.45) is 1.82. The number of hydrogen-bond acceptors (Lipinski definition) is 3. The lowest BCUT2D eigenvalue weighted by atomic mass is 10.0. The molecule has 0 bridgehead atoms. The average Bonchev–Trinajstić information content (AvgIpc) is 2.36. The molecule has 20 heavy (non-hydrogen) atoms. The van der Waals surface area contributed by atoms with Gasteiger partial charge in [-0.15, -0.1) is 0 Å². The van der Waals surface area contributed by atoms with E-state index >= 15 is 0 Å². The standard InChI is InChI=1S/C15H21N3O2/c1-10-6-12(8-13(16)7-10)15(20)18-5-3-4-14(9-18)17-11(2)19/h6-8,14H,3-5,9,16H2,1-2H3,(H,17,19). The molecular formula is C15H21N3O2. The fourth-order valence-electron chi connectivity index (χ4n) is 2.69. The van der Waals surface area contributed by atoms with Gasteiger partial charge in [0.2, 0.25) is 5.91 Å². The molecule has 1 saturated heterocycles. The summed E-state index contributed by atoms with van der Waals surface area (Å²) in [6.45, 7) is 4.71. The number of nitrogen functional groups attached to an aromatic ring is 1. The zero-order valence-electron chi connectivity index (χ0n) is 12.0. The highest BCUT2D eigenvalue weighted by Gasteiger charge is 2.25.